The van der Waals surface area contributed by atoms with Crippen molar-refractivity contribution in [2.75, 3.05) is 0 Å². The van der Waals surface area contributed by atoms with Crippen molar-refractivity contribution in [1.29, 1.82) is 0 Å². The van der Waals surface area contributed by atoms with Crippen LogP contribution in [0.1, 0.15) is 11.4 Å². The zero-order valence-electron chi connectivity index (χ0n) is 12.2. The Kier molecular flexibility index (Phi) is 3.43. The van der Waals surface area contributed by atoms with Crippen LogP contribution in [0.4, 0.5) is 0 Å². The molecule has 4 aromatic rings. The second-order valence-corrected chi connectivity index (χ2v) is 5.87. The lowest BCUT2D eigenvalue weighted by atomic mass is 10.2. The third kappa shape index (κ3) is 2.76. The molecule has 0 amide bonds. The fraction of sp³-hybridized carbons (Fsp3) is 0.133. The zero-order valence-corrected chi connectivity index (χ0v) is 13.1. The third-order valence-corrected chi connectivity index (χ3v) is 4.15. The molecule has 0 unspecified atom stereocenters. The minimum atomic E-state index is 0.299. The molecule has 114 valence electrons. The van der Waals surface area contributed by atoms with Gasteiger partial charge in [-0.15, -0.1) is 10.2 Å². The lowest BCUT2D eigenvalue weighted by Gasteiger charge is -2.04. The number of nitrogens with zero attached hydrogens (tertiary/aromatic N) is 6. The first-order valence-corrected chi connectivity index (χ1v) is 7.78. The van der Waals surface area contributed by atoms with Gasteiger partial charge in [0.1, 0.15) is 18.1 Å². The van der Waals surface area contributed by atoms with E-state index in [1.165, 1.54) is 16.9 Å². The van der Waals surface area contributed by atoms with Crippen molar-refractivity contribution in [1.82, 2.24) is 29.8 Å². The summed E-state index contributed by atoms with van der Waals surface area (Å²) in [5.41, 5.74) is 1.91. The standard InChI is InChI=1S/C15H12N6OS/c1-10-2-4-11(5-3-10)22-9-13-18-19-15-21(13)20-14(23-15)12-8-16-6-7-17-12/h2-8H,9H2,1H3. The zero-order chi connectivity index (χ0) is 15.6. The Morgan fingerprint density at radius 2 is 2.00 bits per heavy atom. The Bertz CT molecular complexity index is 932. The Morgan fingerprint density at radius 3 is 2.78 bits per heavy atom. The van der Waals surface area contributed by atoms with E-state index in [4.69, 9.17) is 4.74 Å². The Morgan fingerprint density at radius 1 is 1.13 bits per heavy atom. The van der Waals surface area contributed by atoms with Crippen LogP contribution in [-0.2, 0) is 6.61 Å². The first kappa shape index (κ1) is 13.8. The summed E-state index contributed by atoms with van der Waals surface area (Å²) in [5.74, 6) is 1.43. The maximum Gasteiger partial charge on any atom is 0.235 e. The highest BCUT2D eigenvalue weighted by Crippen LogP contribution is 2.23. The highest BCUT2D eigenvalue weighted by molar-refractivity contribution is 7.19. The van der Waals surface area contributed by atoms with E-state index in [0.29, 0.717) is 23.1 Å². The van der Waals surface area contributed by atoms with Gasteiger partial charge in [0.2, 0.25) is 4.96 Å². The molecule has 8 heteroatoms. The predicted molar refractivity (Wildman–Crippen MR) is 85.2 cm³/mol. The molecule has 0 atom stereocenters. The summed E-state index contributed by atoms with van der Waals surface area (Å²) in [6, 6.07) is 7.87. The Hall–Kier alpha value is -2.87. The fourth-order valence-corrected chi connectivity index (χ4v) is 2.86. The fourth-order valence-electron chi connectivity index (χ4n) is 2.04. The number of benzene rings is 1. The molecule has 7 nitrogen and oxygen atoms in total. The molecule has 0 saturated carbocycles. The Labute approximate surface area is 135 Å². The van der Waals surface area contributed by atoms with Gasteiger partial charge in [0.25, 0.3) is 0 Å². The van der Waals surface area contributed by atoms with E-state index in [2.05, 4.69) is 25.3 Å². The van der Waals surface area contributed by atoms with Crippen molar-refractivity contribution in [3.05, 3.63) is 54.2 Å². The molecule has 0 spiro atoms. The molecule has 3 heterocycles. The Balaban J connectivity index is 1.58. The van der Waals surface area contributed by atoms with Crippen LogP contribution >= 0.6 is 11.3 Å². The van der Waals surface area contributed by atoms with Crippen LogP contribution in [0.2, 0.25) is 0 Å². The summed E-state index contributed by atoms with van der Waals surface area (Å²) in [5, 5.41) is 13.5. The summed E-state index contributed by atoms with van der Waals surface area (Å²) in [7, 11) is 0. The molecule has 1 aromatic carbocycles. The van der Waals surface area contributed by atoms with E-state index in [0.717, 1.165) is 10.8 Å². The predicted octanol–water partition coefficient (Wildman–Crippen LogP) is 2.53. The van der Waals surface area contributed by atoms with E-state index in [1.807, 2.05) is 31.2 Å². The van der Waals surface area contributed by atoms with E-state index >= 15 is 0 Å². The number of ether oxygens (including phenoxy) is 1. The number of hydrogen-bond acceptors (Lipinski definition) is 7. The highest BCUT2D eigenvalue weighted by atomic mass is 32.1. The van der Waals surface area contributed by atoms with Gasteiger partial charge in [0.05, 0.1) is 6.20 Å². The van der Waals surface area contributed by atoms with E-state index in [9.17, 15) is 0 Å². The SMILES string of the molecule is Cc1ccc(OCc2nnc3sc(-c4cnccn4)nn23)cc1. The van der Waals surface area contributed by atoms with Gasteiger partial charge in [0, 0.05) is 12.4 Å². The molecule has 0 bridgehead atoms. The minimum Gasteiger partial charge on any atom is -0.486 e. The van der Waals surface area contributed by atoms with Crippen molar-refractivity contribution in [2.45, 2.75) is 13.5 Å². The number of hydrogen-bond donors (Lipinski definition) is 0. The first-order chi connectivity index (χ1) is 11.3. The number of aromatic nitrogens is 6. The van der Waals surface area contributed by atoms with Crippen LogP contribution in [0, 0.1) is 6.92 Å². The number of fused-ring (bicyclic) bond motifs is 1. The summed E-state index contributed by atoms with van der Waals surface area (Å²) in [4.78, 5) is 9.01. The second-order valence-electron chi connectivity index (χ2n) is 4.91. The summed E-state index contributed by atoms with van der Waals surface area (Å²) >= 11 is 1.42. The largest absolute Gasteiger partial charge is 0.486 e. The van der Waals surface area contributed by atoms with Gasteiger partial charge in [-0.2, -0.15) is 9.61 Å². The molecule has 4 rings (SSSR count). The van der Waals surface area contributed by atoms with Gasteiger partial charge in [-0.1, -0.05) is 29.0 Å². The molecule has 0 radical (unpaired) electrons. The highest BCUT2D eigenvalue weighted by Gasteiger charge is 2.14. The van der Waals surface area contributed by atoms with Gasteiger partial charge < -0.3 is 4.74 Å². The lowest BCUT2D eigenvalue weighted by Crippen LogP contribution is -2.02. The molecule has 0 aliphatic heterocycles. The maximum absolute atomic E-state index is 5.74. The molecule has 0 aliphatic carbocycles. The van der Waals surface area contributed by atoms with Crippen LogP contribution in [0.5, 0.6) is 5.75 Å². The van der Waals surface area contributed by atoms with Gasteiger partial charge in [-0.3, -0.25) is 9.97 Å². The quantitative estimate of drug-likeness (QED) is 0.574. The number of aryl methyl sites for hydroxylation is 1. The van der Waals surface area contributed by atoms with E-state index < -0.39 is 0 Å². The maximum atomic E-state index is 5.74. The number of rotatable bonds is 4. The van der Waals surface area contributed by atoms with Crippen molar-refractivity contribution in [2.24, 2.45) is 0 Å². The molecule has 0 fully saturated rings. The van der Waals surface area contributed by atoms with Gasteiger partial charge >= 0.3 is 0 Å². The molecule has 0 aliphatic rings. The van der Waals surface area contributed by atoms with Gasteiger partial charge in [0.15, 0.2) is 10.8 Å². The van der Waals surface area contributed by atoms with Crippen LogP contribution < -0.4 is 4.74 Å². The van der Waals surface area contributed by atoms with Crippen LogP contribution in [0.15, 0.2) is 42.9 Å². The third-order valence-electron chi connectivity index (χ3n) is 3.23. The van der Waals surface area contributed by atoms with Crippen molar-refractivity contribution >= 4 is 16.3 Å². The average molecular weight is 324 g/mol. The molecule has 0 N–H and O–H groups in total. The first-order valence-electron chi connectivity index (χ1n) is 6.96. The van der Waals surface area contributed by atoms with Gasteiger partial charge in [-0.05, 0) is 19.1 Å². The molecular formula is C15H12N6OS. The summed E-state index contributed by atoms with van der Waals surface area (Å²) in [6.45, 7) is 2.34. The van der Waals surface area contributed by atoms with Crippen LogP contribution in [0.3, 0.4) is 0 Å². The summed E-state index contributed by atoms with van der Waals surface area (Å²) < 4.78 is 7.43. The van der Waals surface area contributed by atoms with E-state index in [-0.39, 0.29) is 0 Å². The van der Waals surface area contributed by atoms with Crippen molar-refractivity contribution in [3.63, 3.8) is 0 Å². The topological polar surface area (TPSA) is 78.1 Å². The molecule has 23 heavy (non-hydrogen) atoms. The minimum absolute atomic E-state index is 0.299. The average Bonchev–Trinajstić information content (AvgIpc) is 3.16. The van der Waals surface area contributed by atoms with Crippen molar-refractivity contribution < 1.29 is 4.74 Å². The smallest absolute Gasteiger partial charge is 0.235 e. The van der Waals surface area contributed by atoms with Crippen LogP contribution in [-0.4, -0.2) is 29.8 Å². The normalized spacial score (nSPS) is 11.0. The lowest BCUT2D eigenvalue weighted by molar-refractivity contribution is 0.293. The molecule has 3 aromatic heterocycles. The molecule has 0 saturated heterocycles. The molecular weight excluding hydrogens is 312 g/mol. The second kappa shape index (κ2) is 5.73. The monoisotopic (exact) mass is 324 g/mol. The van der Waals surface area contributed by atoms with Crippen LogP contribution in [0.25, 0.3) is 15.7 Å². The van der Waals surface area contributed by atoms with Crippen molar-refractivity contribution in [3.8, 4) is 16.5 Å². The van der Waals surface area contributed by atoms with E-state index in [1.54, 1.807) is 23.1 Å². The summed E-state index contributed by atoms with van der Waals surface area (Å²) in [6.07, 6.45) is 4.94. The van der Waals surface area contributed by atoms with Gasteiger partial charge in [-0.25, -0.2) is 0 Å².